The highest BCUT2D eigenvalue weighted by molar-refractivity contribution is 6.31. The summed E-state index contributed by atoms with van der Waals surface area (Å²) in [4.78, 5) is 10.1. The fraction of sp³-hybridized carbons (Fsp3) is 0.250. The maximum Gasteiger partial charge on any atom is 0.318 e. The minimum absolute atomic E-state index is 0.00495. The molecule has 0 saturated carbocycles. The van der Waals surface area contributed by atoms with Gasteiger partial charge in [-0.15, -0.1) is 5.10 Å². The summed E-state index contributed by atoms with van der Waals surface area (Å²) in [6, 6.07) is 6.21. The first-order chi connectivity index (χ1) is 12.4. The number of alkyl halides is 2. The molecule has 136 valence electrons. The summed E-state index contributed by atoms with van der Waals surface area (Å²) in [6.07, 6.45) is 0.498. The lowest BCUT2D eigenvalue weighted by Gasteiger charge is -2.11. The summed E-state index contributed by atoms with van der Waals surface area (Å²) in [5, 5.41) is 7.89. The Kier molecular flexibility index (Phi) is 5.27. The van der Waals surface area contributed by atoms with Gasteiger partial charge in [-0.05, 0) is 24.3 Å². The molecule has 0 atom stereocenters. The summed E-state index contributed by atoms with van der Waals surface area (Å²) in [5.41, 5.74) is 0.665. The molecule has 2 aromatic heterocycles. The summed E-state index contributed by atoms with van der Waals surface area (Å²) in [6.45, 7) is 0.0895. The first-order valence-corrected chi connectivity index (χ1v) is 7.94. The Bertz CT molecular complexity index is 902. The van der Waals surface area contributed by atoms with E-state index in [1.54, 1.807) is 24.5 Å². The van der Waals surface area contributed by atoms with Gasteiger partial charge in [0, 0.05) is 30.9 Å². The van der Waals surface area contributed by atoms with E-state index in [0.29, 0.717) is 17.2 Å². The minimum Gasteiger partial charge on any atom is -0.457 e. The average molecular weight is 381 g/mol. The van der Waals surface area contributed by atoms with Gasteiger partial charge in [0.05, 0.1) is 11.9 Å². The molecule has 7 nitrogen and oxygen atoms in total. The molecule has 0 amide bonds. The van der Waals surface area contributed by atoms with Crippen molar-refractivity contribution < 1.29 is 13.5 Å². The lowest BCUT2D eigenvalue weighted by Crippen LogP contribution is -2.11. The van der Waals surface area contributed by atoms with Crippen LogP contribution in [0.1, 0.15) is 17.7 Å². The lowest BCUT2D eigenvalue weighted by molar-refractivity contribution is 0.151. The molecule has 0 aliphatic heterocycles. The van der Waals surface area contributed by atoms with E-state index in [9.17, 15) is 8.78 Å². The van der Waals surface area contributed by atoms with Crippen LogP contribution in [0.2, 0.25) is 5.02 Å². The Balaban J connectivity index is 1.72. The second-order valence-corrected chi connectivity index (χ2v) is 5.95. The van der Waals surface area contributed by atoms with Crippen molar-refractivity contribution in [3.8, 4) is 11.7 Å². The minimum atomic E-state index is -2.67. The fourth-order valence-corrected chi connectivity index (χ4v) is 2.32. The lowest BCUT2D eigenvalue weighted by atomic mass is 10.2. The molecule has 0 aliphatic carbocycles. The first-order valence-electron chi connectivity index (χ1n) is 7.56. The van der Waals surface area contributed by atoms with Crippen LogP contribution in [0.25, 0.3) is 5.69 Å². The molecule has 0 spiro atoms. The molecule has 0 saturated heterocycles. The normalized spacial score (nSPS) is 11.0. The smallest absolute Gasteiger partial charge is 0.318 e. The molecule has 0 radical (unpaired) electrons. The van der Waals surface area contributed by atoms with E-state index in [1.807, 2.05) is 19.0 Å². The largest absolute Gasteiger partial charge is 0.457 e. The van der Waals surface area contributed by atoms with Crippen molar-refractivity contribution in [2.75, 3.05) is 19.0 Å². The van der Waals surface area contributed by atoms with Crippen LogP contribution in [0.4, 0.5) is 14.6 Å². The third-order valence-electron chi connectivity index (χ3n) is 3.45. The predicted octanol–water partition coefficient (Wildman–Crippen LogP) is 3.29. The molecule has 3 aromatic rings. The topological polar surface area (TPSA) is 69.0 Å². The highest BCUT2D eigenvalue weighted by Crippen LogP contribution is 2.28. The van der Waals surface area contributed by atoms with Crippen molar-refractivity contribution in [1.82, 2.24) is 25.0 Å². The number of hydrogen-bond acceptors (Lipinski definition) is 6. The van der Waals surface area contributed by atoms with Crippen LogP contribution in [0, 0.1) is 0 Å². The van der Waals surface area contributed by atoms with E-state index in [0.717, 1.165) is 0 Å². The second kappa shape index (κ2) is 7.61. The maximum absolute atomic E-state index is 13.0. The standard InChI is InChI=1S/C16H15ClF2N6O/c1-24(2)14-5-6-20-16(21-14)26-9-10-8-25(23-22-10)11-3-4-13(17)12(7-11)15(18)19/h3-8,15H,9H2,1-2H3. The zero-order valence-electron chi connectivity index (χ0n) is 14.0. The van der Waals surface area contributed by atoms with Gasteiger partial charge in [-0.1, -0.05) is 16.8 Å². The maximum atomic E-state index is 13.0. The third kappa shape index (κ3) is 4.05. The molecule has 0 fully saturated rings. The number of anilines is 1. The molecule has 1 aromatic carbocycles. The van der Waals surface area contributed by atoms with Crippen molar-refractivity contribution in [3.05, 3.63) is 52.9 Å². The molecule has 3 rings (SSSR count). The number of aromatic nitrogens is 5. The summed E-state index contributed by atoms with van der Waals surface area (Å²) < 4.78 is 32.8. The summed E-state index contributed by atoms with van der Waals surface area (Å²) >= 11 is 5.77. The van der Waals surface area contributed by atoms with E-state index >= 15 is 0 Å². The highest BCUT2D eigenvalue weighted by atomic mass is 35.5. The Labute approximate surface area is 153 Å². The van der Waals surface area contributed by atoms with Crippen LogP contribution in [0.5, 0.6) is 6.01 Å². The van der Waals surface area contributed by atoms with Gasteiger partial charge < -0.3 is 9.64 Å². The monoisotopic (exact) mass is 380 g/mol. The Morgan fingerprint density at radius 1 is 1.27 bits per heavy atom. The number of hydrogen-bond donors (Lipinski definition) is 0. The van der Waals surface area contributed by atoms with Gasteiger partial charge in [-0.25, -0.2) is 18.4 Å². The van der Waals surface area contributed by atoms with Crippen LogP contribution in [0.15, 0.2) is 36.7 Å². The first kappa shape index (κ1) is 18.0. The average Bonchev–Trinajstić information content (AvgIpc) is 3.09. The summed E-state index contributed by atoms with van der Waals surface area (Å²) in [7, 11) is 3.72. The van der Waals surface area contributed by atoms with Gasteiger partial charge in [-0.2, -0.15) is 4.98 Å². The molecule has 0 bridgehead atoms. The zero-order valence-corrected chi connectivity index (χ0v) is 14.7. The molecule has 2 heterocycles. The number of ether oxygens (including phenoxy) is 1. The molecule has 0 N–H and O–H groups in total. The molecule has 10 heteroatoms. The molecular formula is C16H15ClF2N6O. The van der Waals surface area contributed by atoms with E-state index in [2.05, 4.69) is 20.3 Å². The van der Waals surface area contributed by atoms with Crippen LogP contribution < -0.4 is 9.64 Å². The van der Waals surface area contributed by atoms with Gasteiger partial charge in [0.1, 0.15) is 18.1 Å². The second-order valence-electron chi connectivity index (χ2n) is 5.54. The highest BCUT2D eigenvalue weighted by Gasteiger charge is 2.14. The van der Waals surface area contributed by atoms with Crippen molar-refractivity contribution in [3.63, 3.8) is 0 Å². The quantitative estimate of drug-likeness (QED) is 0.653. The van der Waals surface area contributed by atoms with Crippen molar-refractivity contribution in [2.24, 2.45) is 0 Å². The van der Waals surface area contributed by atoms with Crippen molar-refractivity contribution in [2.45, 2.75) is 13.0 Å². The molecule has 0 aliphatic rings. The van der Waals surface area contributed by atoms with Gasteiger partial charge >= 0.3 is 6.01 Å². The number of nitrogens with zero attached hydrogens (tertiary/aromatic N) is 6. The Morgan fingerprint density at radius 3 is 2.81 bits per heavy atom. The molecule has 0 unspecified atom stereocenters. The van der Waals surface area contributed by atoms with Crippen molar-refractivity contribution in [1.29, 1.82) is 0 Å². The fourth-order valence-electron chi connectivity index (χ4n) is 2.12. The number of rotatable bonds is 6. The number of benzene rings is 1. The van der Waals surface area contributed by atoms with Crippen molar-refractivity contribution >= 4 is 17.4 Å². The van der Waals surface area contributed by atoms with Gasteiger partial charge in [0.2, 0.25) is 0 Å². The van der Waals surface area contributed by atoms with Crippen LogP contribution in [-0.4, -0.2) is 39.1 Å². The summed E-state index contributed by atoms with van der Waals surface area (Å²) in [5.74, 6) is 0.708. The van der Waals surface area contributed by atoms with Gasteiger partial charge in [-0.3, -0.25) is 0 Å². The predicted molar refractivity (Wildman–Crippen MR) is 92.0 cm³/mol. The SMILES string of the molecule is CN(C)c1ccnc(OCc2cn(-c3ccc(Cl)c(C(F)F)c3)nn2)n1. The van der Waals surface area contributed by atoms with Crippen LogP contribution in [-0.2, 0) is 6.61 Å². The van der Waals surface area contributed by atoms with Crippen LogP contribution in [0.3, 0.4) is 0 Å². The van der Waals surface area contributed by atoms with Crippen LogP contribution >= 0.6 is 11.6 Å². The molecular weight excluding hydrogens is 366 g/mol. The van der Waals surface area contributed by atoms with E-state index < -0.39 is 6.43 Å². The zero-order chi connectivity index (χ0) is 18.7. The molecule has 26 heavy (non-hydrogen) atoms. The Morgan fingerprint density at radius 2 is 2.08 bits per heavy atom. The van der Waals surface area contributed by atoms with E-state index in [1.165, 1.54) is 16.8 Å². The third-order valence-corrected chi connectivity index (χ3v) is 3.79. The van der Waals surface area contributed by atoms with E-state index in [4.69, 9.17) is 16.3 Å². The Hall–Kier alpha value is -2.81. The van der Waals surface area contributed by atoms with E-state index in [-0.39, 0.29) is 23.2 Å². The van der Waals surface area contributed by atoms with Gasteiger partial charge in [0.25, 0.3) is 6.43 Å². The van der Waals surface area contributed by atoms with Gasteiger partial charge in [0.15, 0.2) is 0 Å². The number of halogens is 3.